The topological polar surface area (TPSA) is 9.23 Å². The van der Waals surface area contributed by atoms with E-state index in [0.717, 1.165) is 0 Å². The summed E-state index contributed by atoms with van der Waals surface area (Å²) in [5, 5.41) is 0. The van der Waals surface area contributed by atoms with Gasteiger partial charge in [-0.1, -0.05) is 6.58 Å². The monoisotopic (exact) mass is 562 g/mol. The molecule has 0 unspecified atom stereocenters. The summed E-state index contributed by atoms with van der Waals surface area (Å²) in [6.07, 6.45) is -16.0. The summed E-state index contributed by atoms with van der Waals surface area (Å²) in [6.45, 7) is 2.01. The second-order valence-electron chi connectivity index (χ2n) is 5.89. The van der Waals surface area contributed by atoms with Crippen LogP contribution in [-0.4, -0.2) is 59.7 Å². The second kappa shape index (κ2) is 7.79. The van der Waals surface area contributed by atoms with Crippen LogP contribution >= 0.6 is 0 Å². The van der Waals surface area contributed by atoms with Gasteiger partial charge in [-0.2, -0.15) is 92.2 Å². The Morgan fingerprint density at radius 3 is 0.765 bits per heavy atom. The van der Waals surface area contributed by atoms with Gasteiger partial charge in [-0.15, -0.1) is 0 Å². The van der Waals surface area contributed by atoms with Crippen LogP contribution in [0, 0.1) is 0 Å². The minimum absolute atomic E-state index is 0.942. The van der Waals surface area contributed by atoms with Gasteiger partial charge >= 0.3 is 59.7 Å². The molecule has 0 spiro atoms. The van der Waals surface area contributed by atoms with Gasteiger partial charge in [0.2, 0.25) is 0 Å². The lowest BCUT2D eigenvalue weighted by Crippen LogP contribution is -2.76. The quantitative estimate of drug-likeness (QED) is 0.200. The summed E-state index contributed by atoms with van der Waals surface area (Å²) in [5.74, 6) is -70.5. The van der Waals surface area contributed by atoms with Crippen molar-refractivity contribution < 1.29 is 96.9 Å². The van der Waals surface area contributed by atoms with Crippen LogP contribution in [0.5, 0.6) is 0 Å². The largest absolute Gasteiger partial charge is 0.470 e. The van der Waals surface area contributed by atoms with Crippen molar-refractivity contribution in [2.75, 3.05) is 0 Å². The molecule has 204 valence electrons. The van der Waals surface area contributed by atoms with Crippen molar-refractivity contribution in [2.45, 2.75) is 59.7 Å². The lowest BCUT2D eigenvalue weighted by molar-refractivity contribution is -0.482. The minimum atomic E-state index is -9.18. The van der Waals surface area contributed by atoms with Crippen molar-refractivity contribution in [2.24, 2.45) is 0 Å². The molecule has 34 heavy (non-hydrogen) atoms. The van der Waals surface area contributed by atoms with Crippen molar-refractivity contribution in [3.63, 3.8) is 0 Å². The van der Waals surface area contributed by atoms with Gasteiger partial charge in [0.15, 0.2) is 0 Å². The fraction of sp³-hybridized carbons (Fsp3) is 0.833. The van der Waals surface area contributed by atoms with Crippen LogP contribution in [0.25, 0.3) is 0 Å². The van der Waals surface area contributed by atoms with E-state index in [1.807, 2.05) is 6.58 Å². The molecule has 0 rings (SSSR count). The average Bonchev–Trinajstić information content (AvgIpc) is 2.59. The molecule has 0 N–H and O–H groups in total. The van der Waals surface area contributed by atoms with E-state index in [-0.39, 0.29) is 0 Å². The molecule has 0 aliphatic rings. The standard InChI is InChI=1S/C12H3F21O/c1-2-34-12(32,33)10(27,28)8(23,24)6(19,20)4(15,16)3(13,14)5(17,18)7(21,22)9(25,26)11(29,30)31/h2H,1H2. The lowest BCUT2D eigenvalue weighted by Gasteiger charge is -2.44. The number of ether oxygens (including phenoxy) is 1. The molecule has 0 amide bonds. The molecule has 0 atom stereocenters. The van der Waals surface area contributed by atoms with Gasteiger partial charge in [0, 0.05) is 0 Å². The molecule has 0 aromatic carbocycles. The van der Waals surface area contributed by atoms with E-state index >= 15 is 0 Å². The summed E-state index contributed by atoms with van der Waals surface area (Å²) in [6, 6.07) is 0. The Kier molecular flexibility index (Phi) is 7.34. The molecule has 0 heterocycles. The highest BCUT2D eigenvalue weighted by atomic mass is 19.4. The Balaban J connectivity index is 7.04. The number of rotatable bonds is 10. The molecule has 0 aliphatic carbocycles. The van der Waals surface area contributed by atoms with Crippen LogP contribution in [0.15, 0.2) is 12.8 Å². The highest BCUT2D eigenvalue weighted by Gasteiger charge is 2.98. The molecular formula is C12H3F21O. The van der Waals surface area contributed by atoms with E-state index in [1.165, 1.54) is 0 Å². The lowest BCUT2D eigenvalue weighted by atomic mass is 9.87. The molecule has 0 aliphatic heterocycles. The van der Waals surface area contributed by atoms with E-state index in [0.29, 0.717) is 0 Å². The number of alkyl halides is 21. The molecule has 1 nitrogen and oxygen atoms in total. The van der Waals surface area contributed by atoms with Gasteiger partial charge in [0.25, 0.3) is 0 Å². The number of hydrogen-bond acceptors (Lipinski definition) is 1. The molecule has 0 fully saturated rings. The third-order valence-corrected chi connectivity index (χ3v) is 3.71. The first-order chi connectivity index (χ1) is 14.3. The molecule has 0 aromatic rings. The van der Waals surface area contributed by atoms with E-state index < -0.39 is 65.9 Å². The van der Waals surface area contributed by atoms with E-state index in [9.17, 15) is 92.2 Å². The van der Waals surface area contributed by atoms with E-state index in [4.69, 9.17) is 0 Å². The van der Waals surface area contributed by atoms with Crippen LogP contribution in [0.2, 0.25) is 0 Å². The van der Waals surface area contributed by atoms with Crippen LogP contribution in [0.3, 0.4) is 0 Å². The number of hydrogen-bond donors (Lipinski definition) is 0. The van der Waals surface area contributed by atoms with Crippen molar-refractivity contribution in [3.8, 4) is 0 Å². The van der Waals surface area contributed by atoms with Crippen LogP contribution in [0.4, 0.5) is 92.2 Å². The second-order valence-corrected chi connectivity index (χ2v) is 5.89. The molecule has 0 bridgehead atoms. The summed E-state index contributed by atoms with van der Waals surface area (Å²) < 4.78 is 274. The SMILES string of the molecule is C=COC(F)(F)C(F)(F)C(F)(F)C(F)(F)C(F)(F)C(F)(F)C(F)(F)C(F)(F)C(F)(F)C(F)(F)F. The van der Waals surface area contributed by atoms with Crippen LogP contribution in [0.1, 0.15) is 0 Å². The molecule has 0 saturated heterocycles. The molecule has 0 aromatic heterocycles. The minimum Gasteiger partial charge on any atom is -0.436 e. The highest BCUT2D eigenvalue weighted by Crippen LogP contribution is 2.66. The van der Waals surface area contributed by atoms with Crippen molar-refractivity contribution in [3.05, 3.63) is 12.8 Å². The van der Waals surface area contributed by atoms with E-state index in [2.05, 4.69) is 4.74 Å². The van der Waals surface area contributed by atoms with Gasteiger partial charge in [-0.3, -0.25) is 0 Å². The van der Waals surface area contributed by atoms with Crippen LogP contribution < -0.4 is 0 Å². The zero-order valence-corrected chi connectivity index (χ0v) is 14.6. The Labute approximate surface area is 171 Å². The predicted octanol–water partition coefficient (Wildman–Crippen LogP) is 7.38. The first-order valence-corrected chi connectivity index (χ1v) is 7.07. The first kappa shape index (κ1) is 32.1. The third-order valence-electron chi connectivity index (χ3n) is 3.71. The fourth-order valence-corrected chi connectivity index (χ4v) is 1.72. The zero-order chi connectivity index (χ0) is 28.4. The Bertz CT molecular complexity index is 758. The van der Waals surface area contributed by atoms with Gasteiger partial charge < -0.3 is 4.74 Å². The zero-order valence-electron chi connectivity index (χ0n) is 14.6. The summed E-state index contributed by atoms with van der Waals surface area (Å²) >= 11 is 0. The molecular weight excluding hydrogens is 559 g/mol. The van der Waals surface area contributed by atoms with Gasteiger partial charge in [-0.05, 0) is 0 Å². The summed E-state index contributed by atoms with van der Waals surface area (Å²) in [5.41, 5.74) is 0. The van der Waals surface area contributed by atoms with Crippen LogP contribution in [-0.2, 0) is 4.74 Å². The van der Waals surface area contributed by atoms with Crippen molar-refractivity contribution >= 4 is 0 Å². The average molecular weight is 562 g/mol. The Morgan fingerprint density at radius 1 is 0.353 bits per heavy atom. The normalized spacial score (nSPS) is 16.5. The van der Waals surface area contributed by atoms with Crippen molar-refractivity contribution in [1.29, 1.82) is 0 Å². The maximum Gasteiger partial charge on any atom is 0.470 e. The smallest absolute Gasteiger partial charge is 0.436 e. The highest BCUT2D eigenvalue weighted by molar-refractivity contribution is 5.17. The van der Waals surface area contributed by atoms with Gasteiger partial charge in [0.05, 0.1) is 6.26 Å². The first-order valence-electron chi connectivity index (χ1n) is 7.07. The Hall–Kier alpha value is -1.93. The van der Waals surface area contributed by atoms with Gasteiger partial charge in [-0.25, -0.2) is 0 Å². The predicted molar refractivity (Wildman–Crippen MR) is 61.9 cm³/mol. The fourth-order valence-electron chi connectivity index (χ4n) is 1.72. The summed E-state index contributed by atoms with van der Waals surface area (Å²) in [4.78, 5) is 0. The molecule has 0 radical (unpaired) electrons. The molecule has 22 heteroatoms. The van der Waals surface area contributed by atoms with Crippen molar-refractivity contribution in [1.82, 2.24) is 0 Å². The molecule has 0 saturated carbocycles. The maximum atomic E-state index is 13.3. The van der Waals surface area contributed by atoms with Gasteiger partial charge in [0.1, 0.15) is 0 Å². The van der Waals surface area contributed by atoms with E-state index in [1.54, 1.807) is 0 Å². The Morgan fingerprint density at radius 2 is 0.559 bits per heavy atom. The maximum absolute atomic E-state index is 13.3. The number of halogens is 21. The summed E-state index contributed by atoms with van der Waals surface area (Å²) in [7, 11) is 0. The third kappa shape index (κ3) is 3.68.